The van der Waals surface area contributed by atoms with Crippen molar-refractivity contribution in [3.8, 4) is 11.8 Å². The van der Waals surface area contributed by atoms with Gasteiger partial charge in [0.25, 0.3) is 0 Å². The number of hydrogen-bond donors (Lipinski definition) is 0. The van der Waals surface area contributed by atoms with Crippen LogP contribution >= 0.6 is 0 Å². The van der Waals surface area contributed by atoms with Gasteiger partial charge in [0.1, 0.15) is 5.75 Å². The molecule has 0 heterocycles. The first-order valence-electron chi connectivity index (χ1n) is 7.72. The minimum atomic E-state index is -0.452. The molecule has 0 aliphatic heterocycles. The summed E-state index contributed by atoms with van der Waals surface area (Å²) in [5.74, 6) is 0.943. The van der Waals surface area contributed by atoms with E-state index in [1.807, 2.05) is 37.3 Å². The van der Waals surface area contributed by atoms with Crippen LogP contribution in [0.1, 0.15) is 36.5 Å². The molecule has 0 fully saturated rings. The van der Waals surface area contributed by atoms with Crippen molar-refractivity contribution in [2.45, 2.75) is 39.0 Å². The first-order chi connectivity index (χ1) is 10.5. The summed E-state index contributed by atoms with van der Waals surface area (Å²) in [5, 5.41) is 9.54. The topological polar surface area (TPSA) is 33.0 Å². The Morgan fingerprint density at radius 2 is 1.82 bits per heavy atom. The Hall–Kier alpha value is -2.27. The van der Waals surface area contributed by atoms with Gasteiger partial charge in [0, 0.05) is 0 Å². The molecule has 0 saturated heterocycles. The summed E-state index contributed by atoms with van der Waals surface area (Å²) in [6.45, 7) is 6.75. The van der Waals surface area contributed by atoms with E-state index in [4.69, 9.17) is 4.74 Å². The molecule has 1 unspecified atom stereocenters. The van der Waals surface area contributed by atoms with Crippen molar-refractivity contribution in [2.75, 3.05) is 6.61 Å². The van der Waals surface area contributed by atoms with Crippen LogP contribution in [-0.2, 0) is 5.41 Å². The number of hydrogen-bond acceptors (Lipinski definition) is 2. The lowest BCUT2D eigenvalue weighted by atomic mass is 9.80. The van der Waals surface area contributed by atoms with E-state index < -0.39 is 5.41 Å². The highest BCUT2D eigenvalue weighted by Crippen LogP contribution is 2.28. The SMILES string of the molecule is Cc1ccc(C)c(OCCCC(C)(C#N)c2ccccc2)c1. The van der Waals surface area contributed by atoms with Crippen molar-refractivity contribution in [3.63, 3.8) is 0 Å². The van der Waals surface area contributed by atoms with Crippen LogP contribution in [0.3, 0.4) is 0 Å². The van der Waals surface area contributed by atoms with Crippen LogP contribution in [0.4, 0.5) is 0 Å². The fraction of sp³-hybridized carbons (Fsp3) is 0.350. The molecule has 0 bridgehead atoms. The highest BCUT2D eigenvalue weighted by molar-refractivity contribution is 5.36. The van der Waals surface area contributed by atoms with Gasteiger partial charge >= 0.3 is 0 Å². The molecule has 0 amide bonds. The fourth-order valence-corrected chi connectivity index (χ4v) is 2.54. The standard InChI is InChI=1S/C20H23NO/c1-16-10-11-17(2)19(14-16)22-13-7-12-20(3,15-21)18-8-5-4-6-9-18/h4-6,8-11,14H,7,12-13H2,1-3H3. The molecule has 0 aromatic heterocycles. The summed E-state index contributed by atoms with van der Waals surface area (Å²) < 4.78 is 5.88. The molecule has 22 heavy (non-hydrogen) atoms. The average Bonchev–Trinajstić information content (AvgIpc) is 2.55. The van der Waals surface area contributed by atoms with Crippen LogP contribution in [0, 0.1) is 25.2 Å². The van der Waals surface area contributed by atoms with E-state index in [1.165, 1.54) is 5.56 Å². The number of benzene rings is 2. The predicted molar refractivity (Wildman–Crippen MR) is 90.1 cm³/mol. The maximum Gasteiger partial charge on any atom is 0.122 e. The maximum absolute atomic E-state index is 9.54. The molecule has 0 N–H and O–H groups in total. The molecule has 2 heteroatoms. The minimum Gasteiger partial charge on any atom is -0.493 e. The van der Waals surface area contributed by atoms with Gasteiger partial charge in [0.2, 0.25) is 0 Å². The van der Waals surface area contributed by atoms with Gasteiger partial charge in [0.05, 0.1) is 18.1 Å². The van der Waals surface area contributed by atoms with Crippen LogP contribution in [0.25, 0.3) is 0 Å². The lowest BCUT2D eigenvalue weighted by Gasteiger charge is -2.22. The molecule has 0 radical (unpaired) electrons. The van der Waals surface area contributed by atoms with Crippen LogP contribution < -0.4 is 4.74 Å². The maximum atomic E-state index is 9.54. The van der Waals surface area contributed by atoms with E-state index in [1.54, 1.807) is 0 Å². The summed E-state index contributed by atoms with van der Waals surface area (Å²) in [5.41, 5.74) is 2.97. The lowest BCUT2D eigenvalue weighted by Crippen LogP contribution is -2.20. The second-order valence-corrected chi connectivity index (χ2v) is 6.03. The molecule has 0 aliphatic rings. The van der Waals surface area contributed by atoms with Gasteiger partial charge in [0.15, 0.2) is 0 Å². The largest absolute Gasteiger partial charge is 0.493 e. The number of nitrogens with zero attached hydrogens (tertiary/aromatic N) is 1. The van der Waals surface area contributed by atoms with E-state index in [0.29, 0.717) is 6.61 Å². The Labute approximate surface area is 133 Å². The summed E-state index contributed by atoms with van der Waals surface area (Å²) in [7, 11) is 0. The molecule has 1 atom stereocenters. The highest BCUT2D eigenvalue weighted by atomic mass is 16.5. The van der Waals surface area contributed by atoms with Crippen molar-refractivity contribution in [1.29, 1.82) is 5.26 Å². The van der Waals surface area contributed by atoms with E-state index in [9.17, 15) is 5.26 Å². The molecule has 2 rings (SSSR count). The van der Waals surface area contributed by atoms with Crippen molar-refractivity contribution in [2.24, 2.45) is 0 Å². The van der Waals surface area contributed by atoms with Gasteiger partial charge in [-0.1, -0.05) is 42.5 Å². The zero-order valence-electron chi connectivity index (χ0n) is 13.6. The van der Waals surface area contributed by atoms with Crippen molar-refractivity contribution < 1.29 is 4.74 Å². The summed E-state index contributed by atoms with van der Waals surface area (Å²) in [4.78, 5) is 0. The monoisotopic (exact) mass is 293 g/mol. The van der Waals surface area contributed by atoms with Gasteiger partial charge in [-0.3, -0.25) is 0 Å². The van der Waals surface area contributed by atoms with Crippen molar-refractivity contribution >= 4 is 0 Å². The third kappa shape index (κ3) is 3.89. The van der Waals surface area contributed by atoms with Gasteiger partial charge in [-0.15, -0.1) is 0 Å². The minimum absolute atomic E-state index is 0.452. The van der Waals surface area contributed by atoms with Crippen molar-refractivity contribution in [1.82, 2.24) is 0 Å². The normalized spacial score (nSPS) is 13.2. The predicted octanol–water partition coefficient (Wildman–Crippen LogP) is 4.94. The molecular weight excluding hydrogens is 270 g/mol. The first-order valence-corrected chi connectivity index (χ1v) is 7.72. The molecule has 114 valence electrons. The van der Waals surface area contributed by atoms with Gasteiger partial charge < -0.3 is 4.74 Å². The van der Waals surface area contributed by atoms with E-state index in [2.05, 4.69) is 38.1 Å². The van der Waals surface area contributed by atoms with Gasteiger partial charge in [-0.2, -0.15) is 5.26 Å². The zero-order chi connectivity index (χ0) is 16.0. The zero-order valence-corrected chi connectivity index (χ0v) is 13.6. The van der Waals surface area contributed by atoms with E-state index in [0.717, 1.165) is 29.7 Å². The van der Waals surface area contributed by atoms with E-state index >= 15 is 0 Å². The highest BCUT2D eigenvalue weighted by Gasteiger charge is 2.25. The number of nitriles is 1. The van der Waals surface area contributed by atoms with Crippen LogP contribution in [0.15, 0.2) is 48.5 Å². The first kappa shape index (κ1) is 16.1. The average molecular weight is 293 g/mol. The molecule has 2 nitrogen and oxygen atoms in total. The molecule has 2 aromatic carbocycles. The lowest BCUT2D eigenvalue weighted by molar-refractivity contribution is 0.294. The smallest absolute Gasteiger partial charge is 0.122 e. The van der Waals surface area contributed by atoms with Gasteiger partial charge in [-0.05, 0) is 56.4 Å². The Morgan fingerprint density at radius 1 is 1.09 bits per heavy atom. The van der Waals surface area contributed by atoms with Crippen molar-refractivity contribution in [3.05, 3.63) is 65.2 Å². The van der Waals surface area contributed by atoms with Crippen LogP contribution in [-0.4, -0.2) is 6.61 Å². The Kier molecular flexibility index (Phi) is 5.22. The molecule has 0 spiro atoms. The fourth-order valence-electron chi connectivity index (χ4n) is 2.54. The summed E-state index contributed by atoms with van der Waals surface area (Å²) in [6.07, 6.45) is 1.64. The number of aryl methyl sites for hydroxylation is 2. The third-order valence-electron chi connectivity index (χ3n) is 4.08. The van der Waals surface area contributed by atoms with Crippen LogP contribution in [0.5, 0.6) is 5.75 Å². The van der Waals surface area contributed by atoms with Gasteiger partial charge in [-0.25, -0.2) is 0 Å². The second kappa shape index (κ2) is 7.13. The number of ether oxygens (including phenoxy) is 1. The third-order valence-corrected chi connectivity index (χ3v) is 4.08. The molecular formula is C20H23NO. The van der Waals surface area contributed by atoms with E-state index in [-0.39, 0.29) is 0 Å². The second-order valence-electron chi connectivity index (χ2n) is 6.03. The molecule has 0 saturated carbocycles. The quantitative estimate of drug-likeness (QED) is 0.706. The Bertz CT molecular complexity index is 657. The molecule has 0 aliphatic carbocycles. The Morgan fingerprint density at radius 3 is 2.50 bits per heavy atom. The summed E-state index contributed by atoms with van der Waals surface area (Å²) in [6, 6.07) is 18.7. The Balaban J connectivity index is 1.93. The molecule has 2 aromatic rings. The summed E-state index contributed by atoms with van der Waals surface area (Å²) >= 11 is 0. The number of rotatable bonds is 6. The van der Waals surface area contributed by atoms with Crippen LogP contribution in [0.2, 0.25) is 0 Å².